The molecule has 1 atom stereocenters. The Morgan fingerprint density at radius 1 is 1.57 bits per heavy atom. The SMILES string of the molecule is CCCC(COC)n1nnnc1CN. The fourth-order valence-electron chi connectivity index (χ4n) is 1.43. The van der Waals surface area contributed by atoms with Crippen molar-refractivity contribution in [1.82, 2.24) is 20.2 Å². The standard InChI is InChI=1S/C8H17N5O/c1-3-4-7(6-14-2)13-8(5-9)10-11-12-13/h7H,3-6,9H2,1-2H3. The predicted molar refractivity (Wildman–Crippen MR) is 51.5 cm³/mol. The van der Waals surface area contributed by atoms with E-state index in [1.807, 2.05) is 0 Å². The molecule has 1 heterocycles. The Morgan fingerprint density at radius 3 is 2.93 bits per heavy atom. The maximum Gasteiger partial charge on any atom is 0.165 e. The molecule has 0 saturated carbocycles. The Balaban J connectivity index is 2.75. The summed E-state index contributed by atoms with van der Waals surface area (Å²) in [4.78, 5) is 0. The van der Waals surface area contributed by atoms with Crippen LogP contribution < -0.4 is 5.73 Å². The van der Waals surface area contributed by atoms with Gasteiger partial charge >= 0.3 is 0 Å². The van der Waals surface area contributed by atoms with Crippen LogP contribution in [0.2, 0.25) is 0 Å². The van der Waals surface area contributed by atoms with Gasteiger partial charge in [0, 0.05) is 7.11 Å². The lowest BCUT2D eigenvalue weighted by atomic mass is 10.2. The van der Waals surface area contributed by atoms with Crippen LogP contribution in [0.3, 0.4) is 0 Å². The Morgan fingerprint density at radius 2 is 2.36 bits per heavy atom. The first-order chi connectivity index (χ1) is 6.83. The van der Waals surface area contributed by atoms with E-state index in [4.69, 9.17) is 10.5 Å². The smallest absolute Gasteiger partial charge is 0.165 e. The molecular formula is C8H17N5O. The monoisotopic (exact) mass is 199 g/mol. The van der Waals surface area contributed by atoms with E-state index >= 15 is 0 Å². The van der Waals surface area contributed by atoms with Crippen molar-refractivity contribution < 1.29 is 4.74 Å². The van der Waals surface area contributed by atoms with Crippen molar-refractivity contribution in [1.29, 1.82) is 0 Å². The molecule has 2 N–H and O–H groups in total. The molecule has 0 bridgehead atoms. The normalized spacial score (nSPS) is 13.1. The third kappa shape index (κ3) is 2.49. The van der Waals surface area contributed by atoms with Crippen LogP contribution in [0.25, 0.3) is 0 Å². The third-order valence-electron chi connectivity index (χ3n) is 2.07. The lowest BCUT2D eigenvalue weighted by Gasteiger charge is -2.15. The number of nitrogens with zero attached hydrogens (tertiary/aromatic N) is 4. The molecule has 1 aromatic heterocycles. The molecule has 0 aliphatic heterocycles. The van der Waals surface area contributed by atoms with Crippen molar-refractivity contribution in [2.45, 2.75) is 32.4 Å². The minimum atomic E-state index is 0.193. The molecule has 1 rings (SSSR count). The minimum Gasteiger partial charge on any atom is -0.382 e. The van der Waals surface area contributed by atoms with Crippen molar-refractivity contribution >= 4 is 0 Å². The zero-order chi connectivity index (χ0) is 10.4. The van der Waals surface area contributed by atoms with Crippen molar-refractivity contribution in [3.8, 4) is 0 Å². The van der Waals surface area contributed by atoms with Crippen LogP contribution in [-0.4, -0.2) is 33.9 Å². The number of hydrogen-bond acceptors (Lipinski definition) is 5. The number of tetrazole rings is 1. The number of hydrogen-bond donors (Lipinski definition) is 1. The fourth-order valence-corrected chi connectivity index (χ4v) is 1.43. The van der Waals surface area contributed by atoms with Gasteiger partial charge in [-0.2, -0.15) is 0 Å². The lowest BCUT2D eigenvalue weighted by Crippen LogP contribution is -2.20. The number of methoxy groups -OCH3 is 1. The molecule has 0 saturated heterocycles. The summed E-state index contributed by atoms with van der Waals surface area (Å²) < 4.78 is 6.88. The van der Waals surface area contributed by atoms with Crippen molar-refractivity contribution in [2.75, 3.05) is 13.7 Å². The second kappa shape index (κ2) is 5.66. The van der Waals surface area contributed by atoms with Gasteiger partial charge in [0.25, 0.3) is 0 Å². The van der Waals surface area contributed by atoms with Crippen molar-refractivity contribution in [2.24, 2.45) is 5.73 Å². The van der Waals surface area contributed by atoms with Crippen LogP contribution in [0, 0.1) is 0 Å². The van der Waals surface area contributed by atoms with Crippen molar-refractivity contribution in [3.63, 3.8) is 0 Å². The number of aromatic nitrogens is 4. The fraction of sp³-hybridized carbons (Fsp3) is 0.875. The van der Waals surface area contributed by atoms with E-state index in [-0.39, 0.29) is 6.04 Å². The largest absolute Gasteiger partial charge is 0.382 e. The van der Waals surface area contributed by atoms with Crippen LogP contribution in [0.4, 0.5) is 0 Å². The zero-order valence-electron chi connectivity index (χ0n) is 8.68. The van der Waals surface area contributed by atoms with E-state index in [1.54, 1.807) is 11.8 Å². The second-order valence-electron chi connectivity index (χ2n) is 3.14. The Hall–Kier alpha value is -1.01. The predicted octanol–water partition coefficient (Wildman–Crippen LogP) is 0.119. The molecule has 0 radical (unpaired) electrons. The third-order valence-corrected chi connectivity index (χ3v) is 2.07. The highest BCUT2D eigenvalue weighted by Crippen LogP contribution is 2.13. The van der Waals surface area contributed by atoms with Gasteiger partial charge in [0.15, 0.2) is 5.82 Å². The van der Waals surface area contributed by atoms with Gasteiger partial charge in [-0.3, -0.25) is 0 Å². The summed E-state index contributed by atoms with van der Waals surface area (Å²) in [5.41, 5.74) is 5.52. The van der Waals surface area contributed by atoms with Crippen LogP contribution in [0.15, 0.2) is 0 Å². The summed E-state index contributed by atoms with van der Waals surface area (Å²) in [5, 5.41) is 11.4. The Labute approximate surface area is 83.4 Å². The summed E-state index contributed by atoms with van der Waals surface area (Å²) in [6.45, 7) is 3.10. The molecule has 6 nitrogen and oxygen atoms in total. The first-order valence-electron chi connectivity index (χ1n) is 4.79. The van der Waals surface area contributed by atoms with Crippen LogP contribution >= 0.6 is 0 Å². The zero-order valence-corrected chi connectivity index (χ0v) is 8.68. The summed E-state index contributed by atoms with van der Waals surface area (Å²) in [7, 11) is 1.68. The summed E-state index contributed by atoms with van der Waals surface area (Å²) in [6, 6.07) is 0.193. The molecule has 80 valence electrons. The van der Waals surface area contributed by atoms with Gasteiger partial charge < -0.3 is 10.5 Å². The van der Waals surface area contributed by atoms with Gasteiger partial charge in [0.1, 0.15) is 0 Å². The quantitative estimate of drug-likeness (QED) is 0.704. The summed E-state index contributed by atoms with van der Waals surface area (Å²) in [6.07, 6.45) is 2.06. The maximum atomic E-state index is 5.52. The van der Waals surface area contributed by atoms with Crippen molar-refractivity contribution in [3.05, 3.63) is 5.82 Å². The van der Waals surface area contributed by atoms with Gasteiger partial charge in [0.2, 0.25) is 0 Å². The molecule has 0 amide bonds. The molecule has 0 aliphatic rings. The number of nitrogens with two attached hydrogens (primary N) is 1. The molecular weight excluding hydrogens is 182 g/mol. The van der Waals surface area contributed by atoms with Gasteiger partial charge in [0.05, 0.1) is 19.2 Å². The van der Waals surface area contributed by atoms with Gasteiger partial charge in [-0.05, 0) is 16.8 Å². The molecule has 0 fully saturated rings. The van der Waals surface area contributed by atoms with E-state index < -0.39 is 0 Å². The maximum absolute atomic E-state index is 5.52. The lowest BCUT2D eigenvalue weighted by molar-refractivity contribution is 0.142. The molecule has 14 heavy (non-hydrogen) atoms. The van der Waals surface area contributed by atoms with Crippen LogP contribution in [0.5, 0.6) is 0 Å². The number of rotatable bonds is 6. The van der Waals surface area contributed by atoms with E-state index in [2.05, 4.69) is 22.4 Å². The molecule has 1 aromatic rings. The first kappa shape index (κ1) is 11.1. The molecule has 6 heteroatoms. The van der Waals surface area contributed by atoms with Crippen LogP contribution in [0.1, 0.15) is 31.6 Å². The molecule has 0 spiro atoms. The summed E-state index contributed by atoms with van der Waals surface area (Å²) >= 11 is 0. The molecule has 1 unspecified atom stereocenters. The van der Waals surface area contributed by atoms with Gasteiger partial charge in [-0.15, -0.1) is 5.10 Å². The van der Waals surface area contributed by atoms with E-state index in [0.29, 0.717) is 19.0 Å². The Bertz CT molecular complexity index is 256. The highest BCUT2D eigenvalue weighted by molar-refractivity contribution is 4.82. The second-order valence-corrected chi connectivity index (χ2v) is 3.14. The van der Waals surface area contributed by atoms with E-state index in [1.165, 1.54) is 0 Å². The molecule has 0 aromatic carbocycles. The van der Waals surface area contributed by atoms with Gasteiger partial charge in [-0.25, -0.2) is 4.68 Å². The average Bonchev–Trinajstić information content (AvgIpc) is 2.65. The van der Waals surface area contributed by atoms with Crippen LogP contribution in [-0.2, 0) is 11.3 Å². The minimum absolute atomic E-state index is 0.193. The van der Waals surface area contributed by atoms with Gasteiger partial charge in [-0.1, -0.05) is 13.3 Å². The summed E-state index contributed by atoms with van der Waals surface area (Å²) in [5.74, 6) is 0.709. The topological polar surface area (TPSA) is 78.8 Å². The van der Waals surface area contributed by atoms with E-state index in [9.17, 15) is 0 Å². The Kier molecular flexibility index (Phi) is 4.48. The van der Waals surface area contributed by atoms with E-state index in [0.717, 1.165) is 12.8 Å². The average molecular weight is 199 g/mol. The first-order valence-corrected chi connectivity index (χ1v) is 4.79. The number of ether oxygens (including phenoxy) is 1. The molecule has 0 aliphatic carbocycles. The highest BCUT2D eigenvalue weighted by atomic mass is 16.5. The highest BCUT2D eigenvalue weighted by Gasteiger charge is 2.15.